The lowest BCUT2D eigenvalue weighted by atomic mass is 9.93. The minimum absolute atomic E-state index is 0.0494. The minimum Gasteiger partial charge on any atom is -0.289 e. The fourth-order valence-corrected chi connectivity index (χ4v) is 5.70. The fourth-order valence-electron chi connectivity index (χ4n) is 5.70. The molecule has 0 N–H and O–H groups in total. The maximum atomic E-state index is 13.7. The van der Waals surface area contributed by atoms with Crippen LogP contribution in [0.15, 0.2) is 120 Å². The van der Waals surface area contributed by atoms with E-state index in [1.54, 1.807) is 0 Å². The van der Waals surface area contributed by atoms with E-state index in [-0.39, 0.29) is 5.43 Å². The molecule has 0 saturated carbocycles. The maximum absolute atomic E-state index is 13.7. The molecule has 0 spiro atoms. The summed E-state index contributed by atoms with van der Waals surface area (Å²) in [6.07, 6.45) is 0. The molecule has 1 aromatic heterocycles. The number of benzene rings is 6. The number of nitrogens with zero attached hydrogens (tertiary/aromatic N) is 3. The summed E-state index contributed by atoms with van der Waals surface area (Å²) in [4.78, 5) is 28.3. The Kier molecular flexibility index (Phi) is 4.34. The molecule has 7 aromatic carbocycles. The highest BCUT2D eigenvalue weighted by atomic mass is 16.1. The van der Waals surface area contributed by atoms with Crippen LogP contribution in [0.1, 0.15) is 0 Å². The van der Waals surface area contributed by atoms with Gasteiger partial charge in [0.2, 0.25) is 0 Å². The van der Waals surface area contributed by atoms with Gasteiger partial charge in [-0.3, -0.25) is 4.79 Å². The van der Waals surface area contributed by atoms with Crippen LogP contribution in [0, 0.1) is 0 Å². The minimum atomic E-state index is 0.0494. The number of aromatic nitrogens is 3. The Morgan fingerprint density at radius 1 is 0.368 bits per heavy atom. The van der Waals surface area contributed by atoms with Crippen molar-refractivity contribution in [1.29, 1.82) is 0 Å². The van der Waals surface area contributed by atoms with E-state index in [0.29, 0.717) is 22.9 Å². The molecule has 0 aliphatic heterocycles. The normalized spacial score (nSPS) is 11.8. The lowest BCUT2D eigenvalue weighted by molar-refractivity contribution is 1.07. The number of fused-ring (bicyclic) bond motifs is 3. The summed E-state index contributed by atoms with van der Waals surface area (Å²) in [7, 11) is 0. The van der Waals surface area contributed by atoms with Crippen molar-refractivity contribution in [1.82, 2.24) is 15.0 Å². The smallest absolute Gasteiger partial charge is 0.194 e. The van der Waals surface area contributed by atoms with Gasteiger partial charge in [-0.2, -0.15) is 0 Å². The van der Waals surface area contributed by atoms with Gasteiger partial charge in [0.15, 0.2) is 22.9 Å². The number of hydrogen-bond donors (Lipinski definition) is 0. The van der Waals surface area contributed by atoms with Gasteiger partial charge in [0.1, 0.15) is 0 Å². The van der Waals surface area contributed by atoms with E-state index in [2.05, 4.69) is 30.3 Å². The fraction of sp³-hybridized carbons (Fsp3) is 0. The van der Waals surface area contributed by atoms with Crippen molar-refractivity contribution in [3.63, 3.8) is 0 Å². The Bertz CT molecular complexity index is 2130. The third-order valence-corrected chi connectivity index (χ3v) is 7.41. The van der Waals surface area contributed by atoms with Crippen molar-refractivity contribution in [2.75, 3.05) is 0 Å². The van der Waals surface area contributed by atoms with Gasteiger partial charge >= 0.3 is 0 Å². The predicted molar refractivity (Wildman–Crippen MR) is 155 cm³/mol. The molecule has 0 fully saturated rings. The molecule has 1 heterocycles. The average Bonchev–Trinajstić information content (AvgIpc) is 3.29. The first kappa shape index (κ1) is 20.9. The SMILES string of the molecule is O=c1c2cccc3c4ccccc4c4cc(-c5nc(-c6ccccc6)nc(-c6ccccc6)n5)cc1c4c23. The lowest BCUT2D eigenvalue weighted by Gasteiger charge is -2.12. The molecule has 0 bridgehead atoms. The Balaban J connectivity index is 1.49. The predicted octanol–water partition coefficient (Wildman–Crippen LogP) is 7.72. The van der Waals surface area contributed by atoms with Crippen LogP contribution in [-0.2, 0) is 0 Å². The van der Waals surface area contributed by atoms with Gasteiger partial charge in [-0.05, 0) is 33.7 Å². The summed E-state index contributed by atoms with van der Waals surface area (Å²) < 4.78 is 0. The second-order valence-corrected chi connectivity index (χ2v) is 9.59. The van der Waals surface area contributed by atoms with Crippen molar-refractivity contribution in [2.45, 2.75) is 0 Å². The molecule has 0 radical (unpaired) electrons. The maximum Gasteiger partial charge on any atom is 0.194 e. The summed E-state index contributed by atoms with van der Waals surface area (Å²) in [5, 5.41) is 7.94. The molecule has 4 heteroatoms. The number of rotatable bonds is 3. The summed E-state index contributed by atoms with van der Waals surface area (Å²) in [5.74, 6) is 1.74. The van der Waals surface area contributed by atoms with Crippen LogP contribution >= 0.6 is 0 Å². The number of hydrogen-bond acceptors (Lipinski definition) is 4. The summed E-state index contributed by atoms with van der Waals surface area (Å²) in [6.45, 7) is 0. The van der Waals surface area contributed by atoms with Crippen LogP contribution in [0.25, 0.3) is 77.3 Å². The summed E-state index contributed by atoms with van der Waals surface area (Å²) in [6, 6.07) is 38.3. The van der Waals surface area contributed by atoms with Gasteiger partial charge in [-0.1, -0.05) is 103 Å². The van der Waals surface area contributed by atoms with E-state index in [9.17, 15) is 4.79 Å². The first-order valence-electron chi connectivity index (χ1n) is 12.6. The second-order valence-electron chi connectivity index (χ2n) is 9.59. The Labute approximate surface area is 217 Å². The van der Waals surface area contributed by atoms with Crippen LogP contribution in [0.5, 0.6) is 0 Å². The van der Waals surface area contributed by atoms with Crippen LogP contribution in [0.2, 0.25) is 0 Å². The van der Waals surface area contributed by atoms with Gasteiger partial charge in [0.25, 0.3) is 0 Å². The van der Waals surface area contributed by atoms with Gasteiger partial charge < -0.3 is 0 Å². The van der Waals surface area contributed by atoms with E-state index in [0.717, 1.165) is 54.4 Å². The van der Waals surface area contributed by atoms with E-state index < -0.39 is 0 Å². The Hall–Kier alpha value is -5.22. The van der Waals surface area contributed by atoms with E-state index in [4.69, 9.17) is 15.0 Å². The highest BCUT2D eigenvalue weighted by molar-refractivity contribution is 6.35. The molecular weight excluding hydrogens is 466 g/mol. The van der Waals surface area contributed by atoms with Gasteiger partial charge in [-0.15, -0.1) is 0 Å². The van der Waals surface area contributed by atoms with Gasteiger partial charge in [-0.25, -0.2) is 15.0 Å². The molecule has 8 aromatic rings. The molecule has 0 saturated heterocycles. The largest absolute Gasteiger partial charge is 0.289 e. The lowest BCUT2D eigenvalue weighted by Crippen LogP contribution is -2.01. The van der Waals surface area contributed by atoms with Crippen molar-refractivity contribution in [2.24, 2.45) is 0 Å². The Morgan fingerprint density at radius 3 is 1.45 bits per heavy atom. The third-order valence-electron chi connectivity index (χ3n) is 7.41. The third kappa shape index (κ3) is 2.98. The molecule has 176 valence electrons. The van der Waals surface area contributed by atoms with Crippen molar-refractivity contribution < 1.29 is 0 Å². The van der Waals surface area contributed by atoms with Gasteiger partial charge in [0.05, 0.1) is 0 Å². The van der Waals surface area contributed by atoms with Crippen LogP contribution in [0.3, 0.4) is 0 Å². The zero-order chi connectivity index (χ0) is 25.2. The molecule has 0 unspecified atom stereocenters. The molecule has 4 nitrogen and oxygen atoms in total. The molecule has 0 atom stereocenters. The first-order valence-corrected chi connectivity index (χ1v) is 12.6. The summed E-state index contributed by atoms with van der Waals surface area (Å²) >= 11 is 0. The molecule has 38 heavy (non-hydrogen) atoms. The first-order chi connectivity index (χ1) is 18.8. The topological polar surface area (TPSA) is 55.7 Å². The van der Waals surface area contributed by atoms with E-state index in [1.165, 1.54) is 0 Å². The Morgan fingerprint density at radius 2 is 0.816 bits per heavy atom. The van der Waals surface area contributed by atoms with Crippen molar-refractivity contribution in [3.8, 4) is 34.2 Å². The van der Waals surface area contributed by atoms with Crippen LogP contribution in [0.4, 0.5) is 0 Å². The van der Waals surface area contributed by atoms with Crippen LogP contribution in [-0.4, -0.2) is 15.0 Å². The zero-order valence-corrected chi connectivity index (χ0v) is 20.2. The van der Waals surface area contributed by atoms with E-state index >= 15 is 0 Å². The molecule has 8 rings (SSSR count). The van der Waals surface area contributed by atoms with Crippen LogP contribution < -0.4 is 5.43 Å². The van der Waals surface area contributed by atoms with E-state index in [1.807, 2.05) is 84.9 Å². The summed E-state index contributed by atoms with van der Waals surface area (Å²) in [5.41, 5.74) is 2.67. The molecular formula is C34H19N3O. The average molecular weight is 486 g/mol. The molecule has 0 aliphatic rings. The highest BCUT2D eigenvalue weighted by Gasteiger charge is 2.21. The van der Waals surface area contributed by atoms with Crippen molar-refractivity contribution in [3.05, 3.63) is 125 Å². The quantitative estimate of drug-likeness (QED) is 0.240. The standard InChI is InChI=1S/C34H19N3O/c38-31-26-17-9-16-25-23-14-7-8-15-24(23)27-18-22(19-28(31)30(27)29(25)26)34-36-32(20-10-3-1-4-11-20)35-33(37-34)21-12-5-2-6-13-21/h1-19H. The van der Waals surface area contributed by atoms with Crippen molar-refractivity contribution >= 4 is 43.1 Å². The highest BCUT2D eigenvalue weighted by Crippen LogP contribution is 2.42. The zero-order valence-electron chi connectivity index (χ0n) is 20.2. The van der Waals surface area contributed by atoms with Gasteiger partial charge in [0, 0.05) is 38.2 Å². The molecule has 0 amide bonds. The monoisotopic (exact) mass is 485 g/mol. The molecule has 0 aliphatic carbocycles. The second kappa shape index (κ2) is 7.89.